The summed E-state index contributed by atoms with van der Waals surface area (Å²) < 4.78 is 32.0. The summed E-state index contributed by atoms with van der Waals surface area (Å²) in [5.41, 5.74) is 3.12. The summed E-state index contributed by atoms with van der Waals surface area (Å²) in [7, 11) is 7.88. The molecule has 10 heteroatoms. The lowest BCUT2D eigenvalue weighted by atomic mass is 10.1. The van der Waals surface area contributed by atoms with Gasteiger partial charge in [-0.25, -0.2) is 14.6 Å². The molecule has 33 heavy (non-hydrogen) atoms. The fraction of sp³-hybridized carbons (Fsp3) is 0.217. The van der Waals surface area contributed by atoms with E-state index in [1.54, 1.807) is 59.8 Å². The van der Waals surface area contributed by atoms with Crippen LogP contribution in [0.5, 0.6) is 28.7 Å². The predicted molar refractivity (Wildman–Crippen MR) is 121 cm³/mol. The Kier molecular flexibility index (Phi) is 6.25. The number of fused-ring (bicyclic) bond motifs is 1. The summed E-state index contributed by atoms with van der Waals surface area (Å²) in [5.74, 6) is 2.92. The molecule has 0 aliphatic heterocycles. The van der Waals surface area contributed by atoms with E-state index in [1.165, 1.54) is 0 Å². The van der Waals surface area contributed by atoms with E-state index < -0.39 is 0 Å². The van der Waals surface area contributed by atoms with Crippen LogP contribution in [0.3, 0.4) is 0 Å². The van der Waals surface area contributed by atoms with Crippen LogP contribution in [-0.4, -0.2) is 55.8 Å². The Bertz CT molecular complexity index is 1290. The van der Waals surface area contributed by atoms with E-state index in [0.29, 0.717) is 45.7 Å². The summed E-state index contributed by atoms with van der Waals surface area (Å²) >= 11 is 0. The molecule has 0 spiro atoms. The summed E-state index contributed by atoms with van der Waals surface area (Å²) in [4.78, 5) is 9.18. The van der Waals surface area contributed by atoms with Crippen LogP contribution < -0.4 is 23.7 Å². The SMILES string of the molecule is COc1cc(OC)c(/C=C/c2nc3nonc3nc2-c2ccc(OC)c(OC)c2)c(OC)c1. The number of rotatable bonds is 8. The third kappa shape index (κ3) is 4.22. The third-order valence-corrected chi connectivity index (χ3v) is 4.96. The van der Waals surface area contributed by atoms with E-state index in [1.807, 2.05) is 18.2 Å². The molecule has 0 bridgehead atoms. The van der Waals surface area contributed by atoms with E-state index >= 15 is 0 Å². The average molecular weight is 450 g/mol. The molecule has 4 rings (SSSR count). The van der Waals surface area contributed by atoms with Gasteiger partial charge in [-0.2, -0.15) is 0 Å². The molecule has 0 fully saturated rings. The number of benzene rings is 2. The zero-order chi connectivity index (χ0) is 23.4. The number of hydrogen-bond donors (Lipinski definition) is 0. The van der Waals surface area contributed by atoms with Crippen LogP contribution in [0.2, 0.25) is 0 Å². The molecular formula is C23H22N4O6. The summed E-state index contributed by atoms with van der Waals surface area (Å²) in [6.45, 7) is 0. The van der Waals surface area contributed by atoms with E-state index in [-0.39, 0.29) is 11.3 Å². The van der Waals surface area contributed by atoms with Crippen molar-refractivity contribution in [2.75, 3.05) is 35.5 Å². The van der Waals surface area contributed by atoms with Gasteiger partial charge in [0.1, 0.15) is 17.2 Å². The van der Waals surface area contributed by atoms with Crippen LogP contribution in [0, 0.1) is 0 Å². The van der Waals surface area contributed by atoms with Gasteiger partial charge in [-0.15, -0.1) is 0 Å². The molecule has 0 radical (unpaired) electrons. The topological polar surface area (TPSA) is 111 Å². The first-order valence-electron chi connectivity index (χ1n) is 9.82. The predicted octanol–water partition coefficient (Wildman–Crippen LogP) is 3.89. The van der Waals surface area contributed by atoms with Crippen molar-refractivity contribution in [2.45, 2.75) is 0 Å². The van der Waals surface area contributed by atoms with Crippen LogP contribution in [0.1, 0.15) is 11.3 Å². The second-order valence-electron chi connectivity index (χ2n) is 6.72. The number of methoxy groups -OCH3 is 5. The van der Waals surface area contributed by atoms with E-state index in [9.17, 15) is 0 Å². The number of aromatic nitrogens is 4. The second-order valence-corrected chi connectivity index (χ2v) is 6.72. The van der Waals surface area contributed by atoms with Crippen LogP contribution >= 0.6 is 0 Å². The van der Waals surface area contributed by atoms with E-state index in [2.05, 4.69) is 20.3 Å². The molecule has 0 atom stereocenters. The zero-order valence-corrected chi connectivity index (χ0v) is 18.8. The van der Waals surface area contributed by atoms with Crippen molar-refractivity contribution in [2.24, 2.45) is 0 Å². The van der Waals surface area contributed by atoms with Gasteiger partial charge in [-0.3, -0.25) is 0 Å². The van der Waals surface area contributed by atoms with Gasteiger partial charge < -0.3 is 23.7 Å². The van der Waals surface area contributed by atoms with Gasteiger partial charge in [0, 0.05) is 17.7 Å². The Balaban J connectivity index is 1.86. The van der Waals surface area contributed by atoms with Crippen molar-refractivity contribution in [3.8, 4) is 40.0 Å². The molecule has 10 nitrogen and oxygen atoms in total. The lowest BCUT2D eigenvalue weighted by Crippen LogP contribution is -1.97. The summed E-state index contributed by atoms with van der Waals surface area (Å²) in [6.07, 6.45) is 3.62. The van der Waals surface area contributed by atoms with Crippen LogP contribution in [0.4, 0.5) is 0 Å². The Morgan fingerprint density at radius 3 is 1.91 bits per heavy atom. The normalized spacial score (nSPS) is 11.1. The fourth-order valence-corrected chi connectivity index (χ4v) is 3.32. The Labute approximate surface area is 189 Å². The molecule has 2 aromatic carbocycles. The van der Waals surface area contributed by atoms with Crippen molar-refractivity contribution < 1.29 is 28.3 Å². The van der Waals surface area contributed by atoms with Gasteiger partial charge in [0.15, 0.2) is 11.5 Å². The highest BCUT2D eigenvalue weighted by atomic mass is 16.6. The molecule has 0 saturated heterocycles. The minimum absolute atomic E-state index is 0.285. The zero-order valence-electron chi connectivity index (χ0n) is 18.8. The largest absolute Gasteiger partial charge is 0.496 e. The molecule has 0 saturated carbocycles. The Morgan fingerprint density at radius 1 is 0.667 bits per heavy atom. The average Bonchev–Trinajstić information content (AvgIpc) is 3.33. The van der Waals surface area contributed by atoms with Gasteiger partial charge in [-0.05, 0) is 40.7 Å². The highest BCUT2D eigenvalue weighted by molar-refractivity contribution is 5.84. The van der Waals surface area contributed by atoms with Gasteiger partial charge in [0.05, 0.1) is 52.5 Å². The first-order valence-corrected chi connectivity index (χ1v) is 9.82. The molecule has 170 valence electrons. The first kappa shape index (κ1) is 21.9. The standard InChI is InChI=1S/C23H22N4O6/c1-28-14-11-18(30-3)15(19(12-14)31-4)7-8-16-21(25-23-22(24-16)26-33-27-23)13-6-9-17(29-2)20(10-13)32-5/h6-12H,1-5H3/b8-7+. The minimum Gasteiger partial charge on any atom is -0.496 e. The Hall–Kier alpha value is -4.34. The first-order chi connectivity index (χ1) is 16.1. The molecule has 2 aromatic heterocycles. The highest BCUT2D eigenvalue weighted by Gasteiger charge is 2.16. The quantitative estimate of drug-likeness (QED) is 0.392. The number of ether oxygens (including phenoxy) is 5. The number of nitrogens with zero attached hydrogens (tertiary/aromatic N) is 4. The van der Waals surface area contributed by atoms with Crippen molar-refractivity contribution in [3.63, 3.8) is 0 Å². The maximum atomic E-state index is 5.53. The van der Waals surface area contributed by atoms with Crippen molar-refractivity contribution in [1.29, 1.82) is 0 Å². The minimum atomic E-state index is 0.285. The van der Waals surface area contributed by atoms with Crippen LogP contribution in [0.15, 0.2) is 35.0 Å². The fourth-order valence-electron chi connectivity index (χ4n) is 3.32. The molecule has 0 amide bonds. The molecule has 4 aromatic rings. The van der Waals surface area contributed by atoms with Crippen molar-refractivity contribution in [1.82, 2.24) is 20.3 Å². The monoisotopic (exact) mass is 450 g/mol. The molecule has 0 aliphatic carbocycles. The van der Waals surface area contributed by atoms with Crippen molar-refractivity contribution >= 4 is 23.4 Å². The molecule has 0 N–H and O–H groups in total. The van der Waals surface area contributed by atoms with E-state index in [4.69, 9.17) is 28.3 Å². The molecule has 2 heterocycles. The third-order valence-electron chi connectivity index (χ3n) is 4.96. The van der Waals surface area contributed by atoms with Gasteiger partial charge in [0.2, 0.25) is 11.3 Å². The number of hydrogen-bond acceptors (Lipinski definition) is 10. The maximum Gasteiger partial charge on any atom is 0.243 e. The highest BCUT2D eigenvalue weighted by Crippen LogP contribution is 2.37. The molecular weight excluding hydrogens is 428 g/mol. The molecule has 0 unspecified atom stereocenters. The lowest BCUT2D eigenvalue weighted by molar-refractivity contribution is 0.314. The molecule has 0 aliphatic rings. The summed E-state index contributed by atoms with van der Waals surface area (Å²) in [6, 6.07) is 9.01. The summed E-state index contributed by atoms with van der Waals surface area (Å²) in [5, 5.41) is 7.64. The van der Waals surface area contributed by atoms with Gasteiger partial charge >= 0.3 is 0 Å². The van der Waals surface area contributed by atoms with Crippen molar-refractivity contribution in [3.05, 3.63) is 41.6 Å². The smallest absolute Gasteiger partial charge is 0.243 e. The van der Waals surface area contributed by atoms with E-state index in [0.717, 1.165) is 5.56 Å². The van der Waals surface area contributed by atoms with Gasteiger partial charge in [0.25, 0.3) is 0 Å². The van der Waals surface area contributed by atoms with Crippen LogP contribution in [-0.2, 0) is 0 Å². The lowest BCUT2D eigenvalue weighted by Gasteiger charge is -2.13. The maximum absolute atomic E-state index is 5.53. The Morgan fingerprint density at radius 2 is 1.30 bits per heavy atom. The van der Waals surface area contributed by atoms with Gasteiger partial charge in [-0.1, -0.05) is 0 Å². The van der Waals surface area contributed by atoms with Crippen LogP contribution in [0.25, 0.3) is 34.7 Å². The second kappa shape index (κ2) is 9.43.